The van der Waals surface area contributed by atoms with Gasteiger partial charge in [-0.15, -0.1) is 11.3 Å². The minimum absolute atomic E-state index is 0.130. The van der Waals surface area contributed by atoms with Gasteiger partial charge in [0.05, 0.1) is 20.9 Å². The molecule has 3 aromatic rings. The number of hydrogen-bond acceptors (Lipinski definition) is 5. The molecule has 0 bridgehead atoms. The van der Waals surface area contributed by atoms with Gasteiger partial charge in [0.2, 0.25) is 0 Å². The number of anilines is 1. The average Bonchev–Trinajstić information content (AvgIpc) is 3.21. The van der Waals surface area contributed by atoms with Crippen LogP contribution in [0.5, 0.6) is 0 Å². The molecule has 0 amide bonds. The topological polar surface area (TPSA) is 50.3 Å². The predicted molar refractivity (Wildman–Crippen MR) is 130 cm³/mol. The molecule has 2 aromatic carbocycles. The Morgan fingerprint density at radius 1 is 1.10 bits per heavy atom. The lowest BCUT2D eigenvalue weighted by Crippen LogP contribution is -2.39. The molecule has 0 saturated carbocycles. The van der Waals surface area contributed by atoms with E-state index in [-0.39, 0.29) is 9.92 Å². The van der Waals surface area contributed by atoms with E-state index in [9.17, 15) is 8.42 Å². The second kappa shape index (κ2) is 9.10. The lowest BCUT2D eigenvalue weighted by molar-refractivity contribution is 0.529. The first-order valence-electron chi connectivity index (χ1n) is 10.2. The van der Waals surface area contributed by atoms with Crippen molar-refractivity contribution in [2.45, 2.75) is 43.3 Å². The van der Waals surface area contributed by atoms with Crippen molar-refractivity contribution in [3.8, 4) is 0 Å². The predicted octanol–water partition coefficient (Wildman–Crippen LogP) is 6.10. The zero-order valence-corrected chi connectivity index (χ0v) is 20.6. The summed E-state index contributed by atoms with van der Waals surface area (Å²) in [6.07, 6.45) is 1.89. The van der Waals surface area contributed by atoms with Gasteiger partial charge in [0.25, 0.3) is 0 Å². The summed E-state index contributed by atoms with van der Waals surface area (Å²) in [5, 5.41) is 3.19. The highest BCUT2D eigenvalue weighted by molar-refractivity contribution is 7.92. The zero-order valence-electron chi connectivity index (χ0n) is 17.4. The molecule has 0 N–H and O–H groups in total. The second-order valence-electron chi connectivity index (χ2n) is 8.03. The fraction of sp³-hybridized carbons (Fsp3) is 0.348. The SMILES string of the molecule is Cc1ccc(C)c(Cc2csc(N3CCC(S(=O)(=O)c4cc(Cl)ccc4Cl)CC3)n2)c1. The van der Waals surface area contributed by atoms with Crippen molar-refractivity contribution in [3.63, 3.8) is 0 Å². The maximum atomic E-state index is 13.1. The van der Waals surface area contributed by atoms with Crippen LogP contribution in [0.2, 0.25) is 10.0 Å². The van der Waals surface area contributed by atoms with Crippen molar-refractivity contribution in [1.29, 1.82) is 0 Å². The number of hydrogen-bond donors (Lipinski definition) is 0. The number of aromatic nitrogens is 1. The smallest absolute Gasteiger partial charge is 0.185 e. The van der Waals surface area contributed by atoms with Gasteiger partial charge < -0.3 is 4.90 Å². The number of rotatable bonds is 5. The monoisotopic (exact) mass is 494 g/mol. The molecule has 1 aromatic heterocycles. The van der Waals surface area contributed by atoms with Gasteiger partial charge >= 0.3 is 0 Å². The third-order valence-electron chi connectivity index (χ3n) is 5.77. The quantitative estimate of drug-likeness (QED) is 0.429. The first kappa shape index (κ1) is 22.6. The second-order valence-corrected chi connectivity index (χ2v) is 11.9. The van der Waals surface area contributed by atoms with E-state index in [1.165, 1.54) is 22.8 Å². The summed E-state index contributed by atoms with van der Waals surface area (Å²) < 4.78 is 26.2. The van der Waals surface area contributed by atoms with Crippen LogP contribution in [-0.4, -0.2) is 31.7 Å². The van der Waals surface area contributed by atoms with Crippen molar-refractivity contribution >= 4 is 49.5 Å². The summed E-state index contributed by atoms with van der Waals surface area (Å²) in [5.41, 5.74) is 4.86. The molecular weight excluding hydrogens is 471 g/mol. The molecule has 8 heteroatoms. The average molecular weight is 495 g/mol. The van der Waals surface area contributed by atoms with Gasteiger partial charge in [-0.2, -0.15) is 0 Å². The Morgan fingerprint density at radius 2 is 1.84 bits per heavy atom. The van der Waals surface area contributed by atoms with E-state index in [1.54, 1.807) is 23.5 Å². The highest BCUT2D eigenvalue weighted by Gasteiger charge is 2.33. The molecule has 164 valence electrons. The Bertz CT molecular complexity index is 1200. The molecule has 1 saturated heterocycles. The van der Waals surface area contributed by atoms with E-state index in [2.05, 4.69) is 42.3 Å². The maximum Gasteiger partial charge on any atom is 0.185 e. The van der Waals surface area contributed by atoms with Gasteiger partial charge in [0.15, 0.2) is 15.0 Å². The van der Waals surface area contributed by atoms with Crippen molar-refractivity contribution in [3.05, 3.63) is 74.2 Å². The molecule has 1 fully saturated rings. The van der Waals surface area contributed by atoms with Crippen LogP contribution in [0.25, 0.3) is 0 Å². The van der Waals surface area contributed by atoms with E-state index >= 15 is 0 Å². The van der Waals surface area contributed by atoms with Crippen molar-refractivity contribution in [2.75, 3.05) is 18.0 Å². The van der Waals surface area contributed by atoms with Crippen LogP contribution < -0.4 is 4.90 Å². The highest BCUT2D eigenvalue weighted by Crippen LogP contribution is 2.33. The standard InChI is InChI=1S/C23H24Cl2N2O2S2/c1-15-3-4-16(2)17(11-15)12-19-14-30-23(26-19)27-9-7-20(8-10-27)31(28,29)22-13-18(24)5-6-21(22)25/h3-6,11,13-14,20H,7-10,12H2,1-2H3. The van der Waals surface area contributed by atoms with Gasteiger partial charge in [-0.1, -0.05) is 47.0 Å². The van der Waals surface area contributed by atoms with Crippen LogP contribution in [0, 0.1) is 13.8 Å². The Labute approximate surface area is 197 Å². The van der Waals surface area contributed by atoms with Crippen LogP contribution in [0.15, 0.2) is 46.7 Å². The van der Waals surface area contributed by atoms with Crippen molar-refractivity contribution in [1.82, 2.24) is 4.98 Å². The number of nitrogens with zero attached hydrogens (tertiary/aromatic N) is 2. The van der Waals surface area contributed by atoms with Gasteiger partial charge in [0.1, 0.15) is 0 Å². The number of benzene rings is 2. The molecule has 4 rings (SSSR count). The summed E-state index contributed by atoms with van der Waals surface area (Å²) >= 11 is 13.8. The number of piperidine rings is 1. The Kier molecular flexibility index (Phi) is 6.63. The third-order valence-corrected chi connectivity index (χ3v) is 9.69. The summed E-state index contributed by atoms with van der Waals surface area (Å²) in [6, 6.07) is 11.1. The molecule has 0 unspecified atom stereocenters. The fourth-order valence-corrected chi connectivity index (χ4v) is 7.32. The van der Waals surface area contributed by atoms with E-state index in [0.29, 0.717) is 31.0 Å². The fourth-order valence-electron chi connectivity index (χ4n) is 3.94. The molecule has 0 atom stereocenters. The lowest BCUT2D eigenvalue weighted by atomic mass is 10.0. The van der Waals surface area contributed by atoms with E-state index in [1.807, 2.05) is 0 Å². The minimum atomic E-state index is -3.53. The first-order chi connectivity index (χ1) is 14.7. The van der Waals surface area contributed by atoms with E-state index in [4.69, 9.17) is 28.2 Å². The largest absolute Gasteiger partial charge is 0.348 e. The van der Waals surface area contributed by atoms with Crippen molar-refractivity contribution in [2.24, 2.45) is 0 Å². The van der Waals surface area contributed by atoms with Crippen LogP contribution in [0.3, 0.4) is 0 Å². The van der Waals surface area contributed by atoms with Crippen LogP contribution in [0.1, 0.15) is 35.2 Å². The molecule has 0 spiro atoms. The van der Waals surface area contributed by atoms with E-state index < -0.39 is 15.1 Å². The van der Waals surface area contributed by atoms with Gasteiger partial charge in [0, 0.05) is 29.9 Å². The Morgan fingerprint density at radius 3 is 2.58 bits per heavy atom. The van der Waals surface area contributed by atoms with Crippen LogP contribution in [0.4, 0.5) is 5.13 Å². The number of thiazole rings is 1. The normalized spacial score (nSPS) is 15.4. The molecule has 0 radical (unpaired) electrons. The molecule has 1 aliphatic heterocycles. The van der Waals surface area contributed by atoms with Crippen LogP contribution in [-0.2, 0) is 16.3 Å². The first-order valence-corrected chi connectivity index (χ1v) is 13.4. The minimum Gasteiger partial charge on any atom is -0.348 e. The highest BCUT2D eigenvalue weighted by atomic mass is 35.5. The maximum absolute atomic E-state index is 13.1. The molecule has 0 aliphatic carbocycles. The molecule has 1 aliphatic rings. The van der Waals surface area contributed by atoms with Crippen molar-refractivity contribution < 1.29 is 8.42 Å². The molecule has 31 heavy (non-hydrogen) atoms. The van der Waals surface area contributed by atoms with Gasteiger partial charge in [-0.05, 0) is 56.0 Å². The summed E-state index contributed by atoms with van der Waals surface area (Å²) in [5.74, 6) is 0. The summed E-state index contributed by atoms with van der Waals surface area (Å²) in [6.45, 7) is 5.53. The molecular formula is C23H24Cl2N2O2S2. The Balaban J connectivity index is 1.43. The van der Waals surface area contributed by atoms with Gasteiger partial charge in [-0.25, -0.2) is 13.4 Å². The third kappa shape index (κ3) is 4.92. The van der Waals surface area contributed by atoms with E-state index in [0.717, 1.165) is 17.2 Å². The summed E-state index contributed by atoms with van der Waals surface area (Å²) in [7, 11) is -3.53. The Hall–Kier alpha value is -1.60. The van der Waals surface area contributed by atoms with Gasteiger partial charge in [-0.3, -0.25) is 0 Å². The molecule has 4 nitrogen and oxygen atoms in total. The summed E-state index contributed by atoms with van der Waals surface area (Å²) in [4.78, 5) is 7.14. The zero-order chi connectivity index (χ0) is 22.2. The van der Waals surface area contributed by atoms with Crippen LogP contribution >= 0.6 is 34.5 Å². The molecule has 2 heterocycles. The lowest BCUT2D eigenvalue weighted by Gasteiger charge is -2.31. The number of sulfone groups is 1. The number of aryl methyl sites for hydroxylation is 2. The number of halogens is 2.